The zero-order valence-corrected chi connectivity index (χ0v) is 23.6. The van der Waals surface area contributed by atoms with Crippen LogP contribution in [0.5, 0.6) is 0 Å². The van der Waals surface area contributed by atoms with E-state index in [0.717, 1.165) is 44.1 Å². The predicted molar refractivity (Wildman–Crippen MR) is 157 cm³/mol. The molecule has 40 heavy (non-hydrogen) atoms. The molecular weight excluding hydrogens is 503 g/mol. The standard InChI is InChI=1S/C34H41FN2O3/c1-40-17-13-26(25-8-3-2-4-9-25)22-31(37)33(39)28-18-24(19-29(35)20-28)11-12-27-21-30(36)10-7-16-34(23-32(27)38)14-5-6-15-34/h2-4,8-9,12,18-20,26,36-37H,5-7,10-11,13-17,21-23H2,1H3/b27-12-,36-30?,37-31?/t26-/m1/s1. The van der Waals surface area contributed by atoms with Crippen LogP contribution in [-0.2, 0) is 16.0 Å². The molecule has 0 aliphatic heterocycles. The molecule has 0 aromatic heterocycles. The van der Waals surface area contributed by atoms with Crippen molar-refractivity contribution in [2.45, 2.75) is 83.0 Å². The lowest BCUT2D eigenvalue weighted by Crippen LogP contribution is -2.21. The van der Waals surface area contributed by atoms with Crippen molar-refractivity contribution in [2.24, 2.45) is 5.41 Å². The smallest absolute Gasteiger partial charge is 0.206 e. The lowest BCUT2D eigenvalue weighted by molar-refractivity contribution is -0.117. The molecule has 1 spiro atoms. The van der Waals surface area contributed by atoms with Crippen LogP contribution in [0.2, 0.25) is 0 Å². The second-order valence-electron chi connectivity index (χ2n) is 11.6. The van der Waals surface area contributed by atoms with Gasteiger partial charge in [-0.05, 0) is 97.6 Å². The number of rotatable bonds is 10. The molecule has 1 atom stereocenters. The van der Waals surface area contributed by atoms with Crippen LogP contribution >= 0.6 is 0 Å². The van der Waals surface area contributed by atoms with Gasteiger partial charge in [-0.15, -0.1) is 0 Å². The highest BCUT2D eigenvalue weighted by molar-refractivity contribution is 6.45. The van der Waals surface area contributed by atoms with Gasteiger partial charge in [0.05, 0.1) is 5.71 Å². The van der Waals surface area contributed by atoms with Crippen LogP contribution in [0, 0.1) is 22.1 Å². The van der Waals surface area contributed by atoms with Crippen molar-refractivity contribution in [3.05, 3.63) is 82.7 Å². The maximum absolute atomic E-state index is 14.7. The number of ether oxygens (including phenoxy) is 1. The average Bonchev–Trinajstić information content (AvgIpc) is 3.42. The van der Waals surface area contributed by atoms with E-state index in [1.165, 1.54) is 12.1 Å². The number of Topliss-reactive ketones (excluding diaryl/α,β-unsaturated/α-hetero) is 2. The SMILES string of the molecule is COCC[C@H](CC(=N)C(=O)c1cc(F)cc(C/C=C2/CC(=N)CCCC3(CCCC3)CC2=O)c1)c1ccccc1. The third-order valence-electron chi connectivity index (χ3n) is 8.62. The molecule has 0 heterocycles. The molecule has 0 radical (unpaired) electrons. The first-order chi connectivity index (χ1) is 19.3. The molecule has 0 amide bonds. The number of nitrogens with one attached hydrogen (secondary N) is 2. The van der Waals surface area contributed by atoms with Gasteiger partial charge >= 0.3 is 0 Å². The van der Waals surface area contributed by atoms with Gasteiger partial charge in [-0.1, -0.05) is 49.2 Å². The monoisotopic (exact) mass is 544 g/mol. The second kappa shape index (κ2) is 13.9. The van der Waals surface area contributed by atoms with Gasteiger partial charge in [-0.2, -0.15) is 0 Å². The van der Waals surface area contributed by atoms with Crippen LogP contribution in [0.15, 0.2) is 60.2 Å². The minimum Gasteiger partial charge on any atom is -0.385 e. The summed E-state index contributed by atoms with van der Waals surface area (Å²) >= 11 is 0. The Bertz CT molecular complexity index is 1260. The minimum absolute atomic E-state index is 0.0525. The number of hydrogen-bond acceptors (Lipinski definition) is 5. The third kappa shape index (κ3) is 7.91. The Morgan fingerprint density at radius 2 is 1.82 bits per heavy atom. The summed E-state index contributed by atoms with van der Waals surface area (Å²) in [5, 5.41) is 16.9. The molecule has 2 aliphatic carbocycles. The fraction of sp³-hybridized carbons (Fsp3) is 0.471. The molecule has 2 aromatic carbocycles. The van der Waals surface area contributed by atoms with Crippen molar-refractivity contribution in [2.75, 3.05) is 13.7 Å². The fourth-order valence-electron chi connectivity index (χ4n) is 6.40. The van der Waals surface area contributed by atoms with E-state index < -0.39 is 11.6 Å². The fourth-order valence-corrected chi connectivity index (χ4v) is 6.40. The van der Waals surface area contributed by atoms with Gasteiger partial charge < -0.3 is 15.6 Å². The zero-order chi connectivity index (χ0) is 28.5. The summed E-state index contributed by atoms with van der Waals surface area (Å²) in [5.74, 6) is -0.978. The Hall–Kier alpha value is -3.25. The van der Waals surface area contributed by atoms with Crippen molar-refractivity contribution >= 4 is 23.0 Å². The summed E-state index contributed by atoms with van der Waals surface area (Å²) in [5.41, 5.74) is 2.97. The summed E-state index contributed by atoms with van der Waals surface area (Å²) in [7, 11) is 1.63. The van der Waals surface area contributed by atoms with E-state index in [4.69, 9.17) is 15.6 Å². The summed E-state index contributed by atoms with van der Waals surface area (Å²) < 4.78 is 19.9. The van der Waals surface area contributed by atoms with E-state index in [1.807, 2.05) is 36.4 Å². The predicted octanol–water partition coefficient (Wildman–Crippen LogP) is 7.82. The molecule has 0 saturated heterocycles. The van der Waals surface area contributed by atoms with E-state index in [2.05, 4.69) is 0 Å². The molecule has 2 saturated carbocycles. The van der Waals surface area contributed by atoms with Crippen LogP contribution in [0.3, 0.4) is 0 Å². The topological polar surface area (TPSA) is 91.1 Å². The second-order valence-corrected chi connectivity index (χ2v) is 11.6. The summed E-state index contributed by atoms with van der Waals surface area (Å²) in [6.07, 6.45) is 11.1. The first kappa shape index (κ1) is 29.7. The number of benzene rings is 2. The van der Waals surface area contributed by atoms with Gasteiger partial charge in [0.1, 0.15) is 5.82 Å². The molecule has 2 fully saturated rings. The molecule has 6 heteroatoms. The van der Waals surface area contributed by atoms with E-state index in [1.54, 1.807) is 13.2 Å². The van der Waals surface area contributed by atoms with Gasteiger partial charge in [-0.3, -0.25) is 9.59 Å². The highest BCUT2D eigenvalue weighted by atomic mass is 19.1. The molecule has 2 aromatic rings. The van der Waals surface area contributed by atoms with Crippen molar-refractivity contribution in [3.63, 3.8) is 0 Å². The number of ketones is 2. The Labute approximate surface area is 237 Å². The van der Waals surface area contributed by atoms with Gasteiger partial charge in [0, 0.05) is 37.8 Å². The van der Waals surface area contributed by atoms with E-state index in [9.17, 15) is 14.0 Å². The molecule has 5 nitrogen and oxygen atoms in total. The van der Waals surface area contributed by atoms with Crippen LogP contribution in [0.1, 0.15) is 98.0 Å². The van der Waals surface area contributed by atoms with Gasteiger partial charge in [-0.25, -0.2) is 4.39 Å². The molecule has 4 rings (SSSR count). The Morgan fingerprint density at radius 1 is 1.10 bits per heavy atom. The third-order valence-corrected chi connectivity index (χ3v) is 8.62. The maximum Gasteiger partial charge on any atom is 0.206 e. The van der Waals surface area contributed by atoms with Crippen molar-refractivity contribution in [1.29, 1.82) is 10.8 Å². The van der Waals surface area contributed by atoms with Gasteiger partial charge in [0.15, 0.2) is 5.78 Å². The summed E-state index contributed by atoms with van der Waals surface area (Å²) in [4.78, 5) is 26.6. The summed E-state index contributed by atoms with van der Waals surface area (Å²) in [6.45, 7) is 0.511. The molecule has 0 unspecified atom stereocenters. The van der Waals surface area contributed by atoms with E-state index in [-0.39, 0.29) is 34.8 Å². The van der Waals surface area contributed by atoms with Crippen LogP contribution < -0.4 is 0 Å². The van der Waals surface area contributed by atoms with Crippen LogP contribution in [0.25, 0.3) is 0 Å². The molecule has 212 valence electrons. The largest absolute Gasteiger partial charge is 0.385 e. The van der Waals surface area contributed by atoms with Gasteiger partial charge in [0.25, 0.3) is 0 Å². The first-order valence-electron chi connectivity index (χ1n) is 14.5. The molecule has 0 bridgehead atoms. The number of carbonyl (C=O) groups excluding carboxylic acids is 2. The lowest BCUT2D eigenvalue weighted by Gasteiger charge is -2.27. The lowest BCUT2D eigenvalue weighted by atomic mass is 9.76. The number of hydrogen-bond donors (Lipinski definition) is 2. The highest BCUT2D eigenvalue weighted by Gasteiger charge is 2.36. The quantitative estimate of drug-likeness (QED) is 0.181. The average molecular weight is 545 g/mol. The molecule has 2 aliphatic rings. The van der Waals surface area contributed by atoms with Gasteiger partial charge in [0.2, 0.25) is 5.78 Å². The number of methoxy groups -OCH3 is 1. The minimum atomic E-state index is -0.538. The highest BCUT2D eigenvalue weighted by Crippen LogP contribution is 2.46. The number of carbonyl (C=O) groups is 2. The maximum atomic E-state index is 14.7. The molecular formula is C34H41FN2O3. The Balaban J connectivity index is 1.49. The Morgan fingerprint density at radius 3 is 2.55 bits per heavy atom. The van der Waals surface area contributed by atoms with E-state index in [0.29, 0.717) is 55.6 Å². The van der Waals surface area contributed by atoms with Crippen LogP contribution in [0.4, 0.5) is 4.39 Å². The van der Waals surface area contributed by atoms with E-state index >= 15 is 0 Å². The van der Waals surface area contributed by atoms with Crippen molar-refractivity contribution < 1.29 is 18.7 Å². The number of allylic oxidation sites excluding steroid dienone is 2. The Kier molecular flexibility index (Phi) is 10.3. The van der Waals surface area contributed by atoms with Crippen molar-refractivity contribution in [1.82, 2.24) is 0 Å². The normalized spacial score (nSPS) is 19.3. The first-order valence-corrected chi connectivity index (χ1v) is 14.5. The summed E-state index contributed by atoms with van der Waals surface area (Å²) in [6, 6.07) is 14.0. The van der Waals surface area contributed by atoms with Crippen molar-refractivity contribution in [3.8, 4) is 0 Å². The zero-order valence-electron chi connectivity index (χ0n) is 23.6. The van der Waals surface area contributed by atoms with Crippen LogP contribution in [-0.4, -0.2) is 36.7 Å². The molecule has 2 N–H and O–H groups in total. The number of halogens is 1.